The number of hydrogen-bond donors (Lipinski definition) is 0. The summed E-state index contributed by atoms with van der Waals surface area (Å²) in [6.07, 6.45) is 5.23. The van der Waals surface area contributed by atoms with Gasteiger partial charge in [-0.25, -0.2) is 0 Å². The molecule has 0 aliphatic heterocycles. The van der Waals surface area contributed by atoms with Crippen LogP contribution in [0.25, 0.3) is 21.8 Å². The van der Waals surface area contributed by atoms with Gasteiger partial charge in [0, 0.05) is 39.5 Å². The first-order valence-electron chi connectivity index (χ1n) is 7.75. The third-order valence-corrected chi connectivity index (χ3v) is 4.17. The molecule has 0 radical (unpaired) electrons. The van der Waals surface area contributed by atoms with Crippen molar-refractivity contribution in [3.05, 3.63) is 47.5 Å². The maximum absolute atomic E-state index is 11.1. The maximum Gasteiger partial charge on any atom is 0.150 e. The predicted octanol–water partition coefficient (Wildman–Crippen LogP) is 4.61. The smallest absolute Gasteiger partial charge is 0.150 e. The Hall–Kier alpha value is -2.42. The third kappa shape index (κ3) is 2.43. The molecular weight excluding hydrogens is 274 g/mol. The molecule has 0 N–H and O–H groups in total. The monoisotopic (exact) mass is 293 g/mol. The molecule has 1 heterocycles. The number of aldehydes is 2. The zero-order chi connectivity index (χ0) is 15.5. The Labute approximate surface area is 129 Å². The molecule has 3 aromatic rings. The van der Waals surface area contributed by atoms with Gasteiger partial charge >= 0.3 is 0 Å². The van der Waals surface area contributed by atoms with Crippen LogP contribution in [0.15, 0.2) is 36.4 Å². The molecule has 0 unspecified atom stereocenters. The minimum absolute atomic E-state index is 0.664. The fourth-order valence-corrected chi connectivity index (χ4v) is 3.05. The number of aryl methyl sites for hydroxylation is 1. The Morgan fingerprint density at radius 1 is 0.864 bits per heavy atom. The SMILES string of the molecule is CCCCCn1c2ccc(C=O)cc2c2cc(C=O)ccc21. The summed E-state index contributed by atoms with van der Waals surface area (Å²) in [7, 11) is 0. The van der Waals surface area contributed by atoms with Crippen molar-refractivity contribution in [1.29, 1.82) is 0 Å². The first-order valence-corrected chi connectivity index (χ1v) is 7.75. The fraction of sp³-hybridized carbons (Fsp3) is 0.263. The van der Waals surface area contributed by atoms with Gasteiger partial charge in [-0.2, -0.15) is 0 Å². The van der Waals surface area contributed by atoms with E-state index in [0.29, 0.717) is 11.1 Å². The van der Waals surface area contributed by atoms with Gasteiger partial charge in [0.25, 0.3) is 0 Å². The fourth-order valence-electron chi connectivity index (χ4n) is 3.05. The molecule has 0 fully saturated rings. The van der Waals surface area contributed by atoms with Crippen LogP contribution >= 0.6 is 0 Å². The van der Waals surface area contributed by atoms with Gasteiger partial charge in [-0.15, -0.1) is 0 Å². The van der Waals surface area contributed by atoms with E-state index in [2.05, 4.69) is 11.5 Å². The van der Waals surface area contributed by atoms with Crippen molar-refractivity contribution in [2.24, 2.45) is 0 Å². The summed E-state index contributed by atoms with van der Waals surface area (Å²) in [5.74, 6) is 0. The molecule has 22 heavy (non-hydrogen) atoms. The number of fused-ring (bicyclic) bond motifs is 3. The van der Waals surface area contributed by atoms with Gasteiger partial charge in [0.15, 0.2) is 0 Å². The molecule has 0 atom stereocenters. The number of hydrogen-bond acceptors (Lipinski definition) is 2. The van der Waals surface area contributed by atoms with E-state index in [4.69, 9.17) is 0 Å². The van der Waals surface area contributed by atoms with Gasteiger partial charge in [-0.1, -0.05) is 19.8 Å². The molecule has 0 aliphatic carbocycles. The van der Waals surface area contributed by atoms with Crippen LogP contribution < -0.4 is 0 Å². The van der Waals surface area contributed by atoms with Crippen molar-refractivity contribution in [3.8, 4) is 0 Å². The Bertz CT molecular complexity index is 780. The van der Waals surface area contributed by atoms with E-state index in [1.54, 1.807) is 0 Å². The average molecular weight is 293 g/mol. The number of carbonyl (C=O) groups excluding carboxylic acids is 2. The van der Waals surface area contributed by atoms with E-state index in [-0.39, 0.29) is 0 Å². The van der Waals surface area contributed by atoms with Crippen molar-refractivity contribution in [3.63, 3.8) is 0 Å². The van der Waals surface area contributed by atoms with Gasteiger partial charge < -0.3 is 4.57 Å². The number of carbonyl (C=O) groups is 2. The molecule has 0 saturated carbocycles. The van der Waals surface area contributed by atoms with Crippen LogP contribution in [-0.4, -0.2) is 17.1 Å². The van der Waals surface area contributed by atoms with Crippen molar-refractivity contribution < 1.29 is 9.59 Å². The van der Waals surface area contributed by atoms with Crippen molar-refractivity contribution in [2.45, 2.75) is 32.7 Å². The molecule has 0 amide bonds. The van der Waals surface area contributed by atoms with Gasteiger partial charge in [0.2, 0.25) is 0 Å². The van der Waals surface area contributed by atoms with E-state index in [9.17, 15) is 9.59 Å². The quantitative estimate of drug-likeness (QED) is 0.492. The topological polar surface area (TPSA) is 39.1 Å². The molecule has 0 saturated heterocycles. The summed E-state index contributed by atoms with van der Waals surface area (Å²) in [5.41, 5.74) is 3.58. The lowest BCUT2D eigenvalue weighted by atomic mass is 10.1. The van der Waals surface area contributed by atoms with Crippen LogP contribution in [-0.2, 0) is 6.54 Å². The molecular formula is C19H19NO2. The first-order chi connectivity index (χ1) is 10.8. The molecule has 3 nitrogen and oxygen atoms in total. The zero-order valence-corrected chi connectivity index (χ0v) is 12.7. The second-order valence-electron chi connectivity index (χ2n) is 5.65. The van der Waals surface area contributed by atoms with E-state index in [1.165, 1.54) is 12.8 Å². The van der Waals surface area contributed by atoms with Crippen LogP contribution in [0.5, 0.6) is 0 Å². The van der Waals surface area contributed by atoms with Crippen LogP contribution in [0.1, 0.15) is 46.9 Å². The maximum atomic E-state index is 11.1. The average Bonchev–Trinajstić information content (AvgIpc) is 2.87. The van der Waals surface area contributed by atoms with Gasteiger partial charge in [-0.05, 0) is 42.8 Å². The summed E-state index contributed by atoms with van der Waals surface area (Å²) in [5, 5.41) is 2.08. The Morgan fingerprint density at radius 3 is 1.86 bits per heavy atom. The molecule has 3 rings (SSSR count). The van der Waals surface area contributed by atoms with Crippen LogP contribution in [0.4, 0.5) is 0 Å². The summed E-state index contributed by atoms with van der Waals surface area (Å²) < 4.78 is 2.30. The van der Waals surface area contributed by atoms with Gasteiger partial charge in [-0.3, -0.25) is 9.59 Å². The Kier molecular flexibility index (Phi) is 4.05. The third-order valence-electron chi connectivity index (χ3n) is 4.17. The Morgan fingerprint density at radius 2 is 1.41 bits per heavy atom. The highest BCUT2D eigenvalue weighted by atomic mass is 16.1. The highest BCUT2D eigenvalue weighted by molar-refractivity contribution is 6.10. The van der Waals surface area contributed by atoms with Gasteiger partial charge in [0.05, 0.1) is 0 Å². The minimum Gasteiger partial charge on any atom is -0.340 e. The van der Waals surface area contributed by atoms with E-state index < -0.39 is 0 Å². The zero-order valence-electron chi connectivity index (χ0n) is 12.7. The van der Waals surface area contributed by atoms with Crippen molar-refractivity contribution in [2.75, 3.05) is 0 Å². The molecule has 112 valence electrons. The van der Waals surface area contributed by atoms with E-state index >= 15 is 0 Å². The largest absolute Gasteiger partial charge is 0.340 e. The second-order valence-corrected chi connectivity index (χ2v) is 5.65. The molecule has 3 heteroatoms. The van der Waals surface area contributed by atoms with Crippen LogP contribution in [0.2, 0.25) is 0 Å². The lowest BCUT2D eigenvalue weighted by Crippen LogP contribution is -1.97. The number of rotatable bonds is 6. The normalized spacial score (nSPS) is 11.1. The lowest BCUT2D eigenvalue weighted by molar-refractivity contribution is 0.111. The number of unbranched alkanes of at least 4 members (excludes halogenated alkanes) is 2. The molecule has 0 spiro atoms. The molecule has 1 aromatic heterocycles. The standard InChI is InChI=1S/C19H19NO2/c1-2-3-4-9-20-18-7-5-14(12-21)10-16(18)17-11-15(13-22)6-8-19(17)20/h5-8,10-13H,2-4,9H2,1H3. The summed E-state index contributed by atoms with van der Waals surface area (Å²) in [6.45, 7) is 3.15. The second kappa shape index (κ2) is 6.14. The summed E-state index contributed by atoms with van der Waals surface area (Å²) in [6, 6.07) is 11.5. The molecule has 0 aliphatic rings. The highest BCUT2D eigenvalue weighted by Gasteiger charge is 2.11. The summed E-state index contributed by atoms with van der Waals surface area (Å²) >= 11 is 0. The predicted molar refractivity (Wildman–Crippen MR) is 89.7 cm³/mol. The number of aromatic nitrogens is 1. The minimum atomic E-state index is 0.664. The van der Waals surface area contributed by atoms with Crippen LogP contribution in [0.3, 0.4) is 0 Å². The lowest BCUT2D eigenvalue weighted by Gasteiger charge is -2.07. The van der Waals surface area contributed by atoms with Crippen molar-refractivity contribution in [1.82, 2.24) is 4.57 Å². The van der Waals surface area contributed by atoms with Crippen molar-refractivity contribution >= 4 is 34.4 Å². The Balaban J connectivity index is 2.25. The summed E-state index contributed by atoms with van der Waals surface area (Å²) in [4.78, 5) is 22.1. The molecule has 2 aromatic carbocycles. The van der Waals surface area contributed by atoms with Gasteiger partial charge in [0.1, 0.15) is 12.6 Å². The highest BCUT2D eigenvalue weighted by Crippen LogP contribution is 2.30. The van der Waals surface area contributed by atoms with Crippen LogP contribution in [0, 0.1) is 0 Å². The first kappa shape index (κ1) is 14.5. The van der Waals surface area contributed by atoms with E-state index in [1.807, 2.05) is 36.4 Å². The number of nitrogens with zero attached hydrogens (tertiary/aromatic N) is 1. The van der Waals surface area contributed by atoms with E-state index in [0.717, 1.165) is 47.3 Å². The number of benzene rings is 2. The molecule has 0 bridgehead atoms.